The number of methoxy groups -OCH3 is 1. The van der Waals surface area contributed by atoms with E-state index in [0.29, 0.717) is 39.8 Å². The van der Waals surface area contributed by atoms with E-state index in [9.17, 15) is 9.59 Å². The summed E-state index contributed by atoms with van der Waals surface area (Å²) in [5.74, 6) is -0.0302. The van der Waals surface area contributed by atoms with Crippen molar-refractivity contribution in [3.8, 4) is 11.5 Å². The number of amides is 2. The third kappa shape index (κ3) is 3.89. The predicted molar refractivity (Wildman–Crippen MR) is 105 cm³/mol. The van der Waals surface area contributed by atoms with Crippen LogP contribution in [0, 0.1) is 6.92 Å². The zero-order valence-electron chi connectivity index (χ0n) is 15.6. The van der Waals surface area contributed by atoms with E-state index in [2.05, 4.69) is 10.9 Å². The first-order valence-corrected chi connectivity index (χ1v) is 8.92. The molecule has 0 spiro atoms. The zero-order chi connectivity index (χ0) is 20.3. The van der Waals surface area contributed by atoms with E-state index in [1.54, 1.807) is 37.3 Å². The Labute approximate surface area is 166 Å². The third-order valence-electron chi connectivity index (χ3n) is 4.12. The van der Waals surface area contributed by atoms with Crippen molar-refractivity contribution in [1.82, 2.24) is 10.9 Å². The number of aryl methyl sites for hydroxylation is 1. The molecule has 2 amide bonds. The smallest absolute Gasteiger partial charge is 0.305 e. The van der Waals surface area contributed by atoms with Crippen molar-refractivity contribution in [3.05, 3.63) is 58.3 Å². The first-order chi connectivity index (χ1) is 13.4. The second-order valence-electron chi connectivity index (χ2n) is 5.90. The molecule has 0 radical (unpaired) electrons. The summed E-state index contributed by atoms with van der Waals surface area (Å²) in [5.41, 5.74) is 6.18. The molecule has 8 heteroatoms. The van der Waals surface area contributed by atoms with Crippen LogP contribution in [0.4, 0.5) is 0 Å². The van der Waals surface area contributed by atoms with Gasteiger partial charge in [-0.2, -0.15) is 0 Å². The lowest BCUT2D eigenvalue weighted by Crippen LogP contribution is -2.41. The van der Waals surface area contributed by atoms with Crippen molar-refractivity contribution in [1.29, 1.82) is 0 Å². The number of hydrogen-bond donors (Lipinski definition) is 2. The molecule has 0 atom stereocenters. The minimum atomic E-state index is -0.573. The fourth-order valence-corrected chi connectivity index (χ4v) is 2.91. The van der Waals surface area contributed by atoms with Crippen molar-refractivity contribution in [2.75, 3.05) is 13.7 Å². The van der Waals surface area contributed by atoms with Gasteiger partial charge in [-0.25, -0.2) is 0 Å². The van der Waals surface area contributed by atoms with Gasteiger partial charge < -0.3 is 13.9 Å². The summed E-state index contributed by atoms with van der Waals surface area (Å²) >= 11 is 5.99. The molecule has 2 aromatic carbocycles. The van der Waals surface area contributed by atoms with Gasteiger partial charge in [0.25, 0.3) is 5.91 Å². The van der Waals surface area contributed by atoms with E-state index in [-0.39, 0.29) is 5.76 Å². The lowest BCUT2D eigenvalue weighted by Gasteiger charge is -2.11. The number of hydrazine groups is 1. The predicted octanol–water partition coefficient (Wildman–Crippen LogP) is 3.88. The largest absolute Gasteiger partial charge is 0.493 e. The summed E-state index contributed by atoms with van der Waals surface area (Å²) < 4.78 is 16.2. The molecule has 0 unspecified atom stereocenters. The Morgan fingerprint density at radius 3 is 2.54 bits per heavy atom. The van der Waals surface area contributed by atoms with Crippen molar-refractivity contribution in [2.24, 2.45) is 0 Å². The Balaban J connectivity index is 1.72. The summed E-state index contributed by atoms with van der Waals surface area (Å²) in [6.45, 7) is 4.07. The molecule has 2 N–H and O–H groups in total. The van der Waals surface area contributed by atoms with Crippen molar-refractivity contribution < 1.29 is 23.5 Å². The minimum Gasteiger partial charge on any atom is -0.493 e. The second-order valence-corrected chi connectivity index (χ2v) is 6.34. The van der Waals surface area contributed by atoms with Crippen molar-refractivity contribution >= 4 is 34.4 Å². The van der Waals surface area contributed by atoms with E-state index in [1.165, 1.54) is 13.2 Å². The Morgan fingerprint density at radius 2 is 1.82 bits per heavy atom. The molecule has 0 bridgehead atoms. The molecule has 0 aliphatic rings. The van der Waals surface area contributed by atoms with Gasteiger partial charge in [-0.05, 0) is 50.2 Å². The van der Waals surface area contributed by atoms with Crippen LogP contribution in [0.25, 0.3) is 11.0 Å². The van der Waals surface area contributed by atoms with Crippen LogP contribution in [0.1, 0.15) is 33.4 Å². The van der Waals surface area contributed by atoms with Gasteiger partial charge in [0.1, 0.15) is 5.58 Å². The van der Waals surface area contributed by atoms with Crippen LogP contribution in [0.15, 0.2) is 40.8 Å². The van der Waals surface area contributed by atoms with Gasteiger partial charge in [0.15, 0.2) is 17.3 Å². The maximum atomic E-state index is 12.4. The van der Waals surface area contributed by atoms with E-state index in [4.69, 9.17) is 25.5 Å². The Bertz CT molecular complexity index is 1040. The van der Waals surface area contributed by atoms with Crippen LogP contribution in [-0.4, -0.2) is 25.5 Å². The molecular weight excluding hydrogens is 384 g/mol. The van der Waals surface area contributed by atoms with E-state index in [1.807, 2.05) is 6.92 Å². The third-order valence-corrected chi connectivity index (χ3v) is 4.35. The van der Waals surface area contributed by atoms with Gasteiger partial charge in [-0.15, -0.1) is 0 Å². The van der Waals surface area contributed by atoms with Gasteiger partial charge >= 0.3 is 5.91 Å². The molecule has 0 aliphatic carbocycles. The molecule has 3 rings (SSSR count). The first kappa shape index (κ1) is 19.6. The summed E-state index contributed by atoms with van der Waals surface area (Å²) in [4.78, 5) is 24.8. The van der Waals surface area contributed by atoms with E-state index in [0.717, 1.165) is 5.39 Å². The topological polar surface area (TPSA) is 89.8 Å². The Hall–Kier alpha value is -3.19. The van der Waals surface area contributed by atoms with Gasteiger partial charge in [0, 0.05) is 21.5 Å². The molecule has 28 heavy (non-hydrogen) atoms. The summed E-state index contributed by atoms with van der Waals surface area (Å²) in [5, 5.41) is 1.28. The number of benzene rings is 2. The van der Waals surface area contributed by atoms with Crippen molar-refractivity contribution in [3.63, 3.8) is 0 Å². The van der Waals surface area contributed by atoms with Crippen LogP contribution in [0.2, 0.25) is 5.02 Å². The molecule has 146 valence electrons. The van der Waals surface area contributed by atoms with Gasteiger partial charge in [0.2, 0.25) is 0 Å². The quantitative estimate of drug-likeness (QED) is 0.632. The zero-order valence-corrected chi connectivity index (χ0v) is 16.3. The lowest BCUT2D eigenvalue weighted by atomic mass is 10.1. The maximum absolute atomic E-state index is 12.4. The molecule has 3 aromatic rings. The van der Waals surface area contributed by atoms with Crippen LogP contribution in [0.3, 0.4) is 0 Å². The molecule has 7 nitrogen and oxygen atoms in total. The van der Waals surface area contributed by atoms with Gasteiger partial charge in [0.05, 0.1) is 13.7 Å². The van der Waals surface area contributed by atoms with Crippen LogP contribution in [-0.2, 0) is 0 Å². The Morgan fingerprint density at radius 1 is 1.07 bits per heavy atom. The normalized spacial score (nSPS) is 10.6. The highest BCUT2D eigenvalue weighted by Crippen LogP contribution is 2.29. The average molecular weight is 403 g/mol. The van der Waals surface area contributed by atoms with Crippen molar-refractivity contribution in [2.45, 2.75) is 13.8 Å². The monoisotopic (exact) mass is 402 g/mol. The highest BCUT2D eigenvalue weighted by Gasteiger charge is 2.19. The fourth-order valence-electron chi connectivity index (χ4n) is 2.74. The highest BCUT2D eigenvalue weighted by molar-refractivity contribution is 6.31. The van der Waals surface area contributed by atoms with Crippen LogP contribution < -0.4 is 20.3 Å². The summed E-state index contributed by atoms with van der Waals surface area (Å²) in [6.07, 6.45) is 0. The first-order valence-electron chi connectivity index (χ1n) is 8.54. The summed E-state index contributed by atoms with van der Waals surface area (Å²) in [7, 11) is 1.48. The number of carbonyl (C=O) groups is 2. The SMILES string of the molecule is CCOc1ccc(C(=O)NNC(=O)c2oc3ccc(Cl)cc3c2C)cc1OC. The molecule has 1 aromatic heterocycles. The molecule has 0 fully saturated rings. The van der Waals surface area contributed by atoms with Gasteiger partial charge in [-0.3, -0.25) is 20.4 Å². The lowest BCUT2D eigenvalue weighted by molar-refractivity contribution is 0.0831. The number of hydrogen-bond acceptors (Lipinski definition) is 5. The molecular formula is C20H19ClN2O5. The molecule has 1 heterocycles. The van der Waals surface area contributed by atoms with Crippen LogP contribution in [0.5, 0.6) is 11.5 Å². The number of furan rings is 1. The van der Waals surface area contributed by atoms with E-state index < -0.39 is 11.8 Å². The van der Waals surface area contributed by atoms with E-state index >= 15 is 0 Å². The molecule has 0 saturated carbocycles. The fraction of sp³-hybridized carbons (Fsp3) is 0.200. The van der Waals surface area contributed by atoms with Gasteiger partial charge in [-0.1, -0.05) is 11.6 Å². The number of nitrogens with one attached hydrogen (secondary N) is 2. The highest BCUT2D eigenvalue weighted by atomic mass is 35.5. The molecule has 0 aliphatic heterocycles. The number of fused-ring (bicyclic) bond motifs is 1. The molecule has 0 saturated heterocycles. The minimum absolute atomic E-state index is 0.0989. The standard InChI is InChI=1S/C20H19ClN2O5/c1-4-27-16-7-5-12(9-17(16)26-3)19(24)22-23-20(25)18-11(2)14-10-13(21)6-8-15(14)28-18/h5-10H,4H2,1-3H3,(H,22,24)(H,23,25). The van der Waals surface area contributed by atoms with Crippen LogP contribution >= 0.6 is 11.6 Å². The maximum Gasteiger partial charge on any atom is 0.305 e. The average Bonchev–Trinajstić information content (AvgIpc) is 3.02. The number of rotatable bonds is 5. The number of halogens is 1. The number of carbonyl (C=O) groups excluding carboxylic acids is 2. The number of ether oxygens (including phenoxy) is 2. The summed E-state index contributed by atoms with van der Waals surface area (Å²) in [6, 6.07) is 9.82. The second kappa shape index (κ2) is 8.22. The Kier molecular flexibility index (Phi) is 5.75.